The van der Waals surface area contributed by atoms with E-state index in [2.05, 4.69) is 15.5 Å². The minimum Gasteiger partial charge on any atom is -0.342 e. The fourth-order valence-electron chi connectivity index (χ4n) is 2.91. The summed E-state index contributed by atoms with van der Waals surface area (Å²) in [4.78, 5) is 24.8. The lowest BCUT2D eigenvalue weighted by molar-refractivity contribution is 0.0936. The Hall–Kier alpha value is -2.93. The summed E-state index contributed by atoms with van der Waals surface area (Å²) in [6, 6.07) is 16.3. The van der Waals surface area contributed by atoms with Gasteiger partial charge in [0.25, 0.3) is 5.91 Å². The molecule has 2 aromatic carbocycles. The molecule has 1 atom stereocenters. The van der Waals surface area contributed by atoms with Crippen LogP contribution >= 0.6 is 11.8 Å². The molecule has 3 aromatic rings. The zero-order valence-corrected chi connectivity index (χ0v) is 17.6. The molecule has 0 saturated carbocycles. The van der Waals surface area contributed by atoms with Gasteiger partial charge in [0.05, 0.1) is 11.8 Å². The number of hydrogen-bond donors (Lipinski definition) is 1. The minimum absolute atomic E-state index is 0.0449. The van der Waals surface area contributed by atoms with Crippen molar-refractivity contribution < 1.29 is 9.59 Å². The molecule has 1 heterocycles. The predicted molar refractivity (Wildman–Crippen MR) is 114 cm³/mol. The molecule has 0 aliphatic heterocycles. The van der Waals surface area contributed by atoms with Gasteiger partial charge >= 0.3 is 0 Å². The van der Waals surface area contributed by atoms with Gasteiger partial charge in [0, 0.05) is 17.7 Å². The molecule has 7 heteroatoms. The Bertz CT molecular complexity index is 984. The topological polar surface area (TPSA) is 76.9 Å². The fourth-order valence-corrected chi connectivity index (χ4v) is 3.82. The lowest BCUT2D eigenvalue weighted by atomic mass is 10.1. The Kier molecular flexibility index (Phi) is 6.82. The first-order valence-electron chi connectivity index (χ1n) is 9.51. The van der Waals surface area contributed by atoms with E-state index in [1.165, 1.54) is 11.8 Å². The van der Waals surface area contributed by atoms with Crippen LogP contribution in [0.1, 0.15) is 52.0 Å². The molecule has 0 spiro atoms. The van der Waals surface area contributed by atoms with Crippen LogP contribution in [0.15, 0.2) is 59.8 Å². The van der Waals surface area contributed by atoms with E-state index in [0.717, 1.165) is 5.56 Å². The van der Waals surface area contributed by atoms with Crippen LogP contribution in [-0.4, -0.2) is 32.2 Å². The van der Waals surface area contributed by atoms with E-state index in [1.807, 2.05) is 67.8 Å². The Morgan fingerprint density at radius 3 is 2.38 bits per heavy atom. The van der Waals surface area contributed by atoms with Crippen molar-refractivity contribution >= 4 is 23.5 Å². The number of Topliss-reactive ketones (excluding diaryl/α,β-unsaturated/α-hetero) is 1. The number of nitrogens with zero attached hydrogens (tertiary/aromatic N) is 3. The van der Waals surface area contributed by atoms with E-state index in [-0.39, 0.29) is 23.5 Å². The van der Waals surface area contributed by atoms with Crippen LogP contribution in [-0.2, 0) is 6.54 Å². The summed E-state index contributed by atoms with van der Waals surface area (Å²) in [5.74, 6) is 0.842. The second-order valence-corrected chi connectivity index (χ2v) is 7.67. The van der Waals surface area contributed by atoms with Crippen molar-refractivity contribution in [2.24, 2.45) is 0 Å². The van der Waals surface area contributed by atoms with E-state index >= 15 is 0 Å². The molecule has 0 fully saturated rings. The monoisotopic (exact) mass is 408 g/mol. The Morgan fingerprint density at radius 1 is 1.03 bits per heavy atom. The summed E-state index contributed by atoms with van der Waals surface area (Å²) in [5, 5.41) is 12.1. The number of carbonyl (C=O) groups excluding carboxylic acids is 2. The number of nitrogens with one attached hydrogen (secondary N) is 1. The van der Waals surface area contributed by atoms with E-state index < -0.39 is 0 Å². The highest BCUT2D eigenvalue weighted by Crippen LogP contribution is 2.22. The molecule has 29 heavy (non-hydrogen) atoms. The number of aromatic nitrogens is 3. The van der Waals surface area contributed by atoms with Gasteiger partial charge in [0.2, 0.25) is 0 Å². The van der Waals surface area contributed by atoms with Crippen LogP contribution in [0.5, 0.6) is 0 Å². The molecular formula is C22H24N4O2S. The summed E-state index contributed by atoms with van der Waals surface area (Å²) in [6.07, 6.45) is 0. The summed E-state index contributed by atoms with van der Waals surface area (Å²) < 4.78 is 1.93. The first-order chi connectivity index (χ1) is 14.0. The number of carbonyl (C=O) groups is 2. The predicted octanol–water partition coefficient (Wildman–Crippen LogP) is 4.07. The third-order valence-corrected chi connectivity index (χ3v) is 5.51. The van der Waals surface area contributed by atoms with Gasteiger partial charge in [-0.2, -0.15) is 0 Å². The largest absolute Gasteiger partial charge is 0.342 e. The van der Waals surface area contributed by atoms with Crippen molar-refractivity contribution in [1.82, 2.24) is 20.1 Å². The molecule has 1 amide bonds. The standard InChI is InChI=1S/C22H24N4O2S/c1-4-26-20(16(3)23-21(28)18-12-10-15(2)11-13-18)24-25-22(26)29-14-19(27)17-8-6-5-7-9-17/h5-13,16H,4,14H2,1-3H3,(H,23,28)/t16-/m0/s1. The fraction of sp³-hybridized carbons (Fsp3) is 0.273. The average molecular weight is 409 g/mol. The summed E-state index contributed by atoms with van der Waals surface area (Å²) in [7, 11) is 0. The number of ketones is 1. The van der Waals surface area contributed by atoms with Gasteiger partial charge in [-0.1, -0.05) is 59.8 Å². The average Bonchev–Trinajstić information content (AvgIpc) is 3.16. The zero-order valence-electron chi connectivity index (χ0n) is 16.8. The number of rotatable bonds is 8. The summed E-state index contributed by atoms with van der Waals surface area (Å²) in [6.45, 7) is 6.50. The molecule has 1 aromatic heterocycles. The van der Waals surface area contributed by atoms with Gasteiger partial charge in [-0.3, -0.25) is 9.59 Å². The van der Waals surface area contributed by atoms with Crippen molar-refractivity contribution in [3.05, 3.63) is 77.1 Å². The van der Waals surface area contributed by atoms with Crippen LogP contribution in [0.4, 0.5) is 0 Å². The highest BCUT2D eigenvalue weighted by atomic mass is 32.2. The first kappa shape index (κ1) is 20.8. The van der Waals surface area contributed by atoms with Crippen LogP contribution < -0.4 is 5.32 Å². The third-order valence-electron chi connectivity index (χ3n) is 4.54. The molecule has 150 valence electrons. The lowest BCUT2D eigenvalue weighted by Crippen LogP contribution is -2.28. The highest BCUT2D eigenvalue weighted by molar-refractivity contribution is 7.99. The van der Waals surface area contributed by atoms with Crippen molar-refractivity contribution in [2.75, 3.05) is 5.75 Å². The molecular weight excluding hydrogens is 384 g/mol. The lowest BCUT2D eigenvalue weighted by Gasteiger charge is -2.15. The van der Waals surface area contributed by atoms with Crippen molar-refractivity contribution in [3.63, 3.8) is 0 Å². The minimum atomic E-state index is -0.310. The van der Waals surface area contributed by atoms with Gasteiger partial charge in [-0.15, -0.1) is 10.2 Å². The quantitative estimate of drug-likeness (QED) is 0.449. The highest BCUT2D eigenvalue weighted by Gasteiger charge is 2.20. The Morgan fingerprint density at radius 2 is 1.72 bits per heavy atom. The maximum Gasteiger partial charge on any atom is 0.251 e. The normalized spacial score (nSPS) is 11.8. The molecule has 3 rings (SSSR count). The molecule has 6 nitrogen and oxygen atoms in total. The molecule has 0 unspecified atom stereocenters. The molecule has 0 bridgehead atoms. The molecule has 0 radical (unpaired) electrons. The maximum atomic E-state index is 12.5. The van der Waals surface area contributed by atoms with Gasteiger partial charge in [-0.25, -0.2) is 0 Å². The summed E-state index contributed by atoms with van der Waals surface area (Å²) >= 11 is 1.36. The van der Waals surface area contributed by atoms with E-state index in [0.29, 0.717) is 28.7 Å². The van der Waals surface area contributed by atoms with Crippen LogP contribution in [0.2, 0.25) is 0 Å². The summed E-state index contributed by atoms with van der Waals surface area (Å²) in [5.41, 5.74) is 2.39. The number of hydrogen-bond acceptors (Lipinski definition) is 5. The van der Waals surface area contributed by atoms with Gasteiger partial charge in [0.15, 0.2) is 16.8 Å². The number of benzene rings is 2. The van der Waals surface area contributed by atoms with Crippen LogP contribution in [0.3, 0.4) is 0 Å². The zero-order chi connectivity index (χ0) is 20.8. The molecule has 0 aliphatic rings. The SMILES string of the molecule is CCn1c(SCC(=O)c2ccccc2)nnc1[C@H](C)NC(=O)c1ccc(C)cc1. The van der Waals surface area contributed by atoms with Crippen molar-refractivity contribution in [1.29, 1.82) is 0 Å². The second-order valence-electron chi connectivity index (χ2n) is 6.72. The Balaban J connectivity index is 1.67. The first-order valence-corrected chi connectivity index (χ1v) is 10.5. The molecule has 0 aliphatic carbocycles. The second kappa shape index (κ2) is 9.52. The third kappa shape index (κ3) is 5.12. The van der Waals surface area contributed by atoms with Crippen molar-refractivity contribution in [3.8, 4) is 0 Å². The smallest absolute Gasteiger partial charge is 0.251 e. The molecule has 1 N–H and O–H groups in total. The Labute approximate surface area is 174 Å². The van der Waals surface area contributed by atoms with Crippen molar-refractivity contribution in [2.45, 2.75) is 38.5 Å². The number of aryl methyl sites for hydroxylation is 1. The number of amides is 1. The van der Waals surface area contributed by atoms with Crippen LogP contribution in [0.25, 0.3) is 0 Å². The van der Waals surface area contributed by atoms with E-state index in [4.69, 9.17) is 0 Å². The van der Waals surface area contributed by atoms with E-state index in [1.54, 1.807) is 12.1 Å². The maximum absolute atomic E-state index is 12.5. The van der Waals surface area contributed by atoms with E-state index in [9.17, 15) is 9.59 Å². The molecule has 0 saturated heterocycles. The van der Waals surface area contributed by atoms with Gasteiger partial charge in [-0.05, 0) is 32.9 Å². The van der Waals surface area contributed by atoms with Gasteiger partial charge < -0.3 is 9.88 Å². The van der Waals surface area contributed by atoms with Crippen LogP contribution in [0, 0.1) is 6.92 Å². The number of thioether (sulfide) groups is 1. The van der Waals surface area contributed by atoms with Gasteiger partial charge in [0.1, 0.15) is 0 Å².